The normalized spacial score (nSPS) is 14.4. The van der Waals surface area contributed by atoms with E-state index in [1.165, 1.54) is 43.4 Å². The summed E-state index contributed by atoms with van der Waals surface area (Å²) in [7, 11) is -1.40. The smallest absolute Gasteiger partial charge is 0.264 e. The topological polar surface area (TPSA) is 105 Å². The third kappa shape index (κ3) is 7.78. The Kier molecular flexibility index (Phi) is 11.4. The van der Waals surface area contributed by atoms with E-state index in [0.717, 1.165) is 36.4 Å². The van der Waals surface area contributed by atoms with Crippen LogP contribution < -0.4 is 19.1 Å². The zero-order valence-electron chi connectivity index (χ0n) is 25.0. The Bertz CT molecular complexity index is 1540. The number of anilines is 1. The Morgan fingerprint density at radius 2 is 1.55 bits per heavy atom. The van der Waals surface area contributed by atoms with Gasteiger partial charge in [-0.15, -0.1) is 0 Å². The lowest BCUT2D eigenvalue weighted by atomic mass is 9.95. The van der Waals surface area contributed by atoms with Crippen molar-refractivity contribution < 1.29 is 27.5 Å². The second kappa shape index (κ2) is 15.0. The van der Waals surface area contributed by atoms with Crippen molar-refractivity contribution in [2.75, 3.05) is 25.1 Å². The van der Waals surface area contributed by atoms with E-state index >= 15 is 0 Å². The summed E-state index contributed by atoms with van der Waals surface area (Å²) in [6.45, 7) is 0.878. The molecule has 0 saturated heterocycles. The molecule has 236 valence electrons. The molecular weight excluding hydrogens is 625 g/mol. The molecule has 3 aromatic rings. The lowest BCUT2D eigenvalue weighted by Crippen LogP contribution is -2.53. The first-order valence-electron chi connectivity index (χ1n) is 14.4. The summed E-state index contributed by atoms with van der Waals surface area (Å²) < 4.78 is 39.9. The number of benzene rings is 3. The highest BCUT2D eigenvalue weighted by atomic mass is 35.5. The number of nitrogens with zero attached hydrogens (tertiary/aromatic N) is 2. The minimum absolute atomic E-state index is 0.0140. The van der Waals surface area contributed by atoms with Crippen LogP contribution in [0.3, 0.4) is 0 Å². The van der Waals surface area contributed by atoms with Gasteiger partial charge in [-0.3, -0.25) is 13.9 Å². The molecule has 44 heavy (non-hydrogen) atoms. The summed E-state index contributed by atoms with van der Waals surface area (Å²) in [6.07, 6.45) is 4.90. The maximum absolute atomic E-state index is 14.3. The zero-order chi connectivity index (χ0) is 31.9. The highest BCUT2D eigenvalue weighted by Gasteiger charge is 2.35. The van der Waals surface area contributed by atoms with Gasteiger partial charge >= 0.3 is 0 Å². The van der Waals surface area contributed by atoms with Crippen LogP contribution in [0.4, 0.5) is 5.69 Å². The van der Waals surface area contributed by atoms with Gasteiger partial charge in [0.1, 0.15) is 24.1 Å². The van der Waals surface area contributed by atoms with Gasteiger partial charge in [0.25, 0.3) is 10.0 Å². The quantitative estimate of drug-likeness (QED) is 0.253. The molecule has 0 aromatic heterocycles. The number of sulfonamides is 1. The number of halogens is 2. The number of hydrogen-bond acceptors (Lipinski definition) is 6. The van der Waals surface area contributed by atoms with Gasteiger partial charge in [-0.1, -0.05) is 60.7 Å². The van der Waals surface area contributed by atoms with E-state index in [1.54, 1.807) is 49.4 Å². The van der Waals surface area contributed by atoms with Crippen LogP contribution in [-0.4, -0.2) is 58.0 Å². The molecule has 0 radical (unpaired) electrons. The summed E-state index contributed by atoms with van der Waals surface area (Å²) in [4.78, 5) is 29.0. The number of amides is 2. The van der Waals surface area contributed by atoms with Crippen LogP contribution in [0.25, 0.3) is 0 Å². The lowest BCUT2D eigenvalue weighted by molar-refractivity contribution is -0.139. The van der Waals surface area contributed by atoms with Gasteiger partial charge in [0.05, 0.1) is 24.8 Å². The molecule has 0 spiro atoms. The molecule has 1 aliphatic carbocycles. The lowest BCUT2D eigenvalue weighted by Gasteiger charge is -2.33. The highest BCUT2D eigenvalue weighted by molar-refractivity contribution is 7.92. The van der Waals surface area contributed by atoms with Crippen molar-refractivity contribution >= 4 is 50.7 Å². The average Bonchev–Trinajstić information content (AvgIpc) is 3.03. The fraction of sp³-hybridized carbons (Fsp3) is 0.375. The maximum Gasteiger partial charge on any atom is 0.264 e. The van der Waals surface area contributed by atoms with E-state index in [-0.39, 0.29) is 34.8 Å². The standard InChI is InChI=1S/C32H37Cl2N3O6S/c1-22(32(39)35-23-10-5-4-6-11-23)36(20-26-27(33)12-9-13-28(26)34)31(38)21-37(29-14-7-8-15-30(29)43-3)44(40,41)25-18-16-24(42-2)17-19-25/h7-9,12-19,22-23H,4-6,10-11,20-21H2,1-3H3,(H,35,39)/t22-/m0/s1. The van der Waals surface area contributed by atoms with Gasteiger partial charge in [0.15, 0.2) is 0 Å². The van der Waals surface area contributed by atoms with Gasteiger partial charge in [-0.2, -0.15) is 0 Å². The maximum atomic E-state index is 14.3. The number of para-hydroxylation sites is 2. The van der Waals surface area contributed by atoms with Crippen LogP contribution in [0.1, 0.15) is 44.6 Å². The summed E-state index contributed by atoms with van der Waals surface area (Å²) in [6, 6.07) is 16.4. The van der Waals surface area contributed by atoms with Crippen LogP contribution in [-0.2, 0) is 26.2 Å². The molecule has 3 aromatic carbocycles. The van der Waals surface area contributed by atoms with Crippen molar-refractivity contribution in [1.82, 2.24) is 10.2 Å². The van der Waals surface area contributed by atoms with Gasteiger partial charge < -0.3 is 19.7 Å². The van der Waals surface area contributed by atoms with Gasteiger partial charge in [0, 0.05) is 28.2 Å². The molecule has 1 aliphatic rings. The summed E-state index contributed by atoms with van der Waals surface area (Å²) in [5.41, 5.74) is 0.609. The van der Waals surface area contributed by atoms with Crippen molar-refractivity contribution in [3.05, 3.63) is 82.3 Å². The minimum atomic E-state index is -4.30. The van der Waals surface area contributed by atoms with E-state index in [1.807, 2.05) is 0 Å². The summed E-state index contributed by atoms with van der Waals surface area (Å²) >= 11 is 13.0. The molecule has 0 aliphatic heterocycles. The van der Waals surface area contributed by atoms with Crippen LogP contribution in [0.15, 0.2) is 71.6 Å². The second-order valence-electron chi connectivity index (χ2n) is 10.6. The fourth-order valence-corrected chi connectivity index (χ4v) is 7.17. The molecule has 0 unspecified atom stereocenters. The van der Waals surface area contributed by atoms with Crippen LogP contribution in [0.5, 0.6) is 11.5 Å². The fourth-order valence-electron chi connectivity index (χ4n) is 5.23. The largest absolute Gasteiger partial charge is 0.497 e. The molecule has 12 heteroatoms. The first-order valence-corrected chi connectivity index (χ1v) is 16.6. The summed E-state index contributed by atoms with van der Waals surface area (Å²) in [5.74, 6) is -0.240. The number of ether oxygens (including phenoxy) is 2. The number of hydrogen-bond donors (Lipinski definition) is 1. The number of nitrogens with one attached hydrogen (secondary N) is 1. The molecular formula is C32H37Cl2N3O6S. The molecule has 0 heterocycles. The van der Waals surface area contributed by atoms with Crippen molar-refractivity contribution in [1.29, 1.82) is 0 Å². The van der Waals surface area contributed by atoms with Crippen LogP contribution in [0.2, 0.25) is 10.0 Å². The Balaban J connectivity index is 1.74. The zero-order valence-corrected chi connectivity index (χ0v) is 27.3. The van der Waals surface area contributed by atoms with Crippen molar-refractivity contribution in [3.63, 3.8) is 0 Å². The number of rotatable bonds is 12. The van der Waals surface area contributed by atoms with E-state index in [9.17, 15) is 18.0 Å². The van der Waals surface area contributed by atoms with Gasteiger partial charge in [-0.05, 0) is 68.3 Å². The Morgan fingerprint density at radius 3 is 2.16 bits per heavy atom. The van der Waals surface area contributed by atoms with Crippen molar-refractivity contribution in [2.45, 2.75) is 62.6 Å². The Hall–Kier alpha value is -3.47. The minimum Gasteiger partial charge on any atom is -0.497 e. The SMILES string of the molecule is COc1ccc(S(=O)(=O)N(CC(=O)N(Cc2c(Cl)cccc2Cl)[C@@H](C)C(=O)NC2CCCCC2)c2ccccc2OC)cc1. The van der Waals surface area contributed by atoms with E-state index < -0.39 is 28.5 Å². The first-order chi connectivity index (χ1) is 21.1. The Labute approximate surface area is 269 Å². The number of methoxy groups -OCH3 is 2. The van der Waals surface area contributed by atoms with Crippen LogP contribution >= 0.6 is 23.2 Å². The molecule has 1 atom stereocenters. The average molecular weight is 663 g/mol. The predicted octanol–water partition coefficient (Wildman–Crippen LogP) is 6.07. The van der Waals surface area contributed by atoms with E-state index in [4.69, 9.17) is 32.7 Å². The molecule has 4 rings (SSSR count). The molecule has 0 bridgehead atoms. The Morgan fingerprint density at radius 1 is 0.909 bits per heavy atom. The van der Waals surface area contributed by atoms with Crippen molar-refractivity contribution in [3.8, 4) is 11.5 Å². The monoisotopic (exact) mass is 661 g/mol. The number of carbonyl (C=O) groups excluding carboxylic acids is 2. The van der Waals surface area contributed by atoms with Crippen LogP contribution in [0, 0.1) is 0 Å². The third-order valence-electron chi connectivity index (χ3n) is 7.79. The molecule has 9 nitrogen and oxygen atoms in total. The summed E-state index contributed by atoms with van der Waals surface area (Å²) in [5, 5.41) is 3.72. The molecule has 2 amide bonds. The number of carbonyl (C=O) groups is 2. The highest BCUT2D eigenvalue weighted by Crippen LogP contribution is 2.33. The second-order valence-corrected chi connectivity index (χ2v) is 13.3. The van der Waals surface area contributed by atoms with E-state index in [0.29, 0.717) is 21.4 Å². The van der Waals surface area contributed by atoms with Crippen molar-refractivity contribution in [2.24, 2.45) is 0 Å². The predicted molar refractivity (Wildman–Crippen MR) is 172 cm³/mol. The first kappa shape index (κ1) is 33.4. The molecule has 1 saturated carbocycles. The molecule has 1 fully saturated rings. The van der Waals surface area contributed by atoms with Gasteiger partial charge in [-0.25, -0.2) is 8.42 Å². The molecule has 1 N–H and O–H groups in total. The third-order valence-corrected chi connectivity index (χ3v) is 10.3. The van der Waals surface area contributed by atoms with Gasteiger partial charge in [0.2, 0.25) is 11.8 Å². The van der Waals surface area contributed by atoms with E-state index in [2.05, 4.69) is 5.32 Å².